The molecule has 1 aromatic carbocycles. The number of fused-ring (bicyclic) bond motifs is 1. The van der Waals surface area contributed by atoms with E-state index in [0.29, 0.717) is 11.3 Å². The number of para-hydroxylation sites is 1. The first-order chi connectivity index (χ1) is 7.72. The molecule has 1 aromatic heterocycles. The number of aliphatic carboxylic acids is 1. The van der Waals surface area contributed by atoms with Crippen molar-refractivity contribution in [1.29, 1.82) is 5.26 Å². The maximum absolute atomic E-state index is 10.5. The van der Waals surface area contributed by atoms with Crippen molar-refractivity contribution < 1.29 is 9.90 Å². The fourth-order valence-corrected chi connectivity index (χ4v) is 1.58. The summed E-state index contributed by atoms with van der Waals surface area (Å²) >= 11 is 0. The molecule has 2 aromatic rings. The van der Waals surface area contributed by atoms with Crippen LogP contribution >= 0.6 is 0 Å². The monoisotopic (exact) mass is 212 g/mol. The molecule has 0 aliphatic carbocycles. The third kappa shape index (κ3) is 1.66. The van der Waals surface area contributed by atoms with Crippen molar-refractivity contribution >= 4 is 22.9 Å². The Morgan fingerprint density at radius 3 is 2.88 bits per heavy atom. The molecule has 0 unspecified atom stereocenters. The molecule has 0 saturated carbocycles. The average molecular weight is 212 g/mol. The highest BCUT2D eigenvalue weighted by molar-refractivity contribution is 5.95. The van der Waals surface area contributed by atoms with Gasteiger partial charge in [-0.25, -0.2) is 4.79 Å². The predicted molar refractivity (Wildman–Crippen MR) is 59.7 cm³/mol. The molecule has 1 heterocycles. The maximum Gasteiger partial charge on any atom is 0.328 e. The van der Waals surface area contributed by atoms with Crippen LogP contribution in [0.3, 0.4) is 0 Å². The number of carboxylic acids is 1. The molecule has 0 amide bonds. The summed E-state index contributed by atoms with van der Waals surface area (Å²) in [7, 11) is 0. The van der Waals surface area contributed by atoms with Gasteiger partial charge in [-0.05, 0) is 12.1 Å². The minimum Gasteiger partial charge on any atom is -0.478 e. The normalized spacial score (nSPS) is 10.7. The fourth-order valence-electron chi connectivity index (χ4n) is 1.58. The Bertz CT molecular complexity index is 617. The number of carbonyl (C=O) groups is 1. The summed E-state index contributed by atoms with van der Waals surface area (Å²) in [6, 6.07) is 9.39. The van der Waals surface area contributed by atoms with Gasteiger partial charge in [0.25, 0.3) is 0 Å². The van der Waals surface area contributed by atoms with Crippen LogP contribution in [0.15, 0.2) is 30.3 Å². The van der Waals surface area contributed by atoms with E-state index in [-0.39, 0.29) is 0 Å². The zero-order valence-corrected chi connectivity index (χ0v) is 8.27. The molecule has 2 rings (SSSR count). The lowest BCUT2D eigenvalue weighted by Gasteiger charge is -1.90. The molecule has 0 atom stereocenters. The van der Waals surface area contributed by atoms with E-state index in [0.717, 1.165) is 17.0 Å². The van der Waals surface area contributed by atoms with E-state index < -0.39 is 5.97 Å². The molecule has 2 N–H and O–H groups in total. The van der Waals surface area contributed by atoms with Gasteiger partial charge in [0.1, 0.15) is 11.8 Å². The van der Waals surface area contributed by atoms with E-state index >= 15 is 0 Å². The number of hydrogen-bond acceptors (Lipinski definition) is 2. The number of nitriles is 1. The molecule has 0 saturated heterocycles. The van der Waals surface area contributed by atoms with Crippen LogP contribution in [0, 0.1) is 11.3 Å². The molecule has 4 nitrogen and oxygen atoms in total. The first-order valence-corrected chi connectivity index (χ1v) is 4.64. The van der Waals surface area contributed by atoms with Crippen molar-refractivity contribution in [3.05, 3.63) is 41.6 Å². The van der Waals surface area contributed by atoms with Crippen LogP contribution in [0.25, 0.3) is 17.0 Å². The smallest absolute Gasteiger partial charge is 0.328 e. The number of aromatic nitrogens is 1. The van der Waals surface area contributed by atoms with Crippen molar-refractivity contribution in [3.8, 4) is 6.07 Å². The highest BCUT2D eigenvalue weighted by atomic mass is 16.4. The van der Waals surface area contributed by atoms with Gasteiger partial charge in [0.2, 0.25) is 0 Å². The van der Waals surface area contributed by atoms with Crippen LogP contribution in [-0.2, 0) is 4.79 Å². The van der Waals surface area contributed by atoms with Crippen molar-refractivity contribution in [2.24, 2.45) is 0 Å². The van der Waals surface area contributed by atoms with E-state index in [9.17, 15) is 4.79 Å². The lowest BCUT2D eigenvalue weighted by atomic mass is 10.1. The minimum absolute atomic E-state index is 0.374. The van der Waals surface area contributed by atoms with Gasteiger partial charge in [0.15, 0.2) is 0 Å². The Kier molecular flexibility index (Phi) is 2.44. The molecule has 0 aliphatic heterocycles. The number of hydrogen-bond donors (Lipinski definition) is 2. The standard InChI is InChI=1S/C12H8N2O2/c13-7-11-9(5-6-12(15)16)8-3-1-2-4-10(8)14-11/h1-6,14H,(H,15,16)/b6-5+. The fraction of sp³-hybridized carbons (Fsp3) is 0. The number of benzene rings is 1. The summed E-state index contributed by atoms with van der Waals surface area (Å²) in [5.74, 6) is -1.03. The van der Waals surface area contributed by atoms with Crippen LogP contribution in [-0.4, -0.2) is 16.1 Å². The quantitative estimate of drug-likeness (QED) is 0.748. The van der Waals surface area contributed by atoms with Crippen LogP contribution in [0.2, 0.25) is 0 Å². The largest absolute Gasteiger partial charge is 0.478 e. The lowest BCUT2D eigenvalue weighted by Crippen LogP contribution is -1.86. The number of aromatic amines is 1. The maximum atomic E-state index is 10.5. The molecule has 4 heteroatoms. The zero-order valence-electron chi connectivity index (χ0n) is 8.27. The van der Waals surface area contributed by atoms with Crippen LogP contribution in [0.5, 0.6) is 0 Å². The molecule has 0 radical (unpaired) electrons. The Morgan fingerprint density at radius 2 is 2.19 bits per heavy atom. The van der Waals surface area contributed by atoms with Gasteiger partial charge < -0.3 is 10.1 Å². The van der Waals surface area contributed by atoms with E-state index in [1.807, 2.05) is 30.3 Å². The number of H-pyrrole nitrogens is 1. The molecule has 0 bridgehead atoms. The zero-order chi connectivity index (χ0) is 11.5. The predicted octanol–water partition coefficient (Wildman–Crippen LogP) is 2.14. The third-order valence-corrected chi connectivity index (χ3v) is 2.25. The van der Waals surface area contributed by atoms with E-state index in [1.165, 1.54) is 6.08 Å². The molecular weight excluding hydrogens is 204 g/mol. The number of nitrogens with one attached hydrogen (secondary N) is 1. The van der Waals surface area contributed by atoms with Crippen LogP contribution in [0.1, 0.15) is 11.3 Å². The third-order valence-electron chi connectivity index (χ3n) is 2.25. The average Bonchev–Trinajstić information content (AvgIpc) is 2.64. The van der Waals surface area contributed by atoms with Gasteiger partial charge in [0.05, 0.1) is 0 Å². The highest BCUT2D eigenvalue weighted by Gasteiger charge is 2.07. The van der Waals surface area contributed by atoms with Crippen molar-refractivity contribution in [3.63, 3.8) is 0 Å². The number of rotatable bonds is 2. The minimum atomic E-state index is -1.03. The second-order valence-electron chi connectivity index (χ2n) is 3.24. The van der Waals surface area contributed by atoms with Gasteiger partial charge in [-0.2, -0.15) is 5.26 Å². The summed E-state index contributed by atoms with van der Waals surface area (Å²) < 4.78 is 0. The first-order valence-electron chi connectivity index (χ1n) is 4.64. The van der Waals surface area contributed by atoms with Crippen LogP contribution in [0.4, 0.5) is 0 Å². The van der Waals surface area contributed by atoms with Crippen LogP contribution < -0.4 is 0 Å². The van der Waals surface area contributed by atoms with Crippen molar-refractivity contribution in [2.75, 3.05) is 0 Å². The van der Waals surface area contributed by atoms with Gasteiger partial charge in [-0.15, -0.1) is 0 Å². The lowest BCUT2D eigenvalue weighted by molar-refractivity contribution is -0.131. The molecule has 16 heavy (non-hydrogen) atoms. The Hall–Kier alpha value is -2.54. The van der Waals surface area contributed by atoms with Crippen molar-refractivity contribution in [2.45, 2.75) is 0 Å². The van der Waals surface area contributed by atoms with Gasteiger partial charge in [-0.1, -0.05) is 18.2 Å². The Balaban J connectivity index is 2.66. The summed E-state index contributed by atoms with van der Waals surface area (Å²) in [4.78, 5) is 13.4. The van der Waals surface area contributed by atoms with Gasteiger partial charge >= 0.3 is 5.97 Å². The summed E-state index contributed by atoms with van der Waals surface area (Å²) in [6.07, 6.45) is 2.45. The van der Waals surface area contributed by atoms with Gasteiger partial charge in [0, 0.05) is 22.5 Å². The molecule has 78 valence electrons. The summed E-state index contributed by atoms with van der Waals surface area (Å²) in [6.45, 7) is 0. The summed E-state index contributed by atoms with van der Waals surface area (Å²) in [5, 5.41) is 18.3. The second-order valence-corrected chi connectivity index (χ2v) is 3.24. The summed E-state index contributed by atoms with van der Waals surface area (Å²) in [5.41, 5.74) is 1.81. The van der Waals surface area contributed by atoms with Crippen molar-refractivity contribution in [1.82, 2.24) is 4.98 Å². The second kappa shape index (κ2) is 3.91. The first kappa shape index (κ1) is 9.99. The van der Waals surface area contributed by atoms with E-state index in [4.69, 9.17) is 10.4 Å². The Labute approximate surface area is 91.4 Å². The Morgan fingerprint density at radius 1 is 1.44 bits per heavy atom. The van der Waals surface area contributed by atoms with E-state index in [1.54, 1.807) is 0 Å². The number of carboxylic acid groups (broad SMARTS) is 1. The molecule has 0 aliphatic rings. The van der Waals surface area contributed by atoms with E-state index in [2.05, 4.69) is 4.98 Å². The van der Waals surface area contributed by atoms with Gasteiger partial charge in [-0.3, -0.25) is 0 Å². The molecule has 0 fully saturated rings. The molecular formula is C12H8N2O2. The highest BCUT2D eigenvalue weighted by Crippen LogP contribution is 2.22. The molecule has 0 spiro atoms. The number of nitrogens with zero attached hydrogens (tertiary/aromatic N) is 1. The SMILES string of the molecule is N#Cc1[nH]c2ccccc2c1/C=C/C(=O)O. The topological polar surface area (TPSA) is 76.9 Å².